The van der Waals surface area contributed by atoms with Crippen LogP contribution in [0.1, 0.15) is 43.4 Å². The highest BCUT2D eigenvalue weighted by molar-refractivity contribution is 5.77. The quantitative estimate of drug-likeness (QED) is 0.796. The standard InChI is InChI=1S/C13H18O3/c1-4-12(14)11-7-5-6-10(8-11)9(2)13(15)16-3/h5-9,12,14H,4H2,1-3H3/t9-,12+/m0/s1. The Morgan fingerprint density at radius 1 is 1.44 bits per heavy atom. The molecule has 0 spiro atoms. The van der Waals surface area contributed by atoms with Crippen molar-refractivity contribution in [1.29, 1.82) is 0 Å². The average molecular weight is 222 g/mol. The third-order valence-electron chi connectivity index (χ3n) is 2.74. The zero-order valence-corrected chi connectivity index (χ0v) is 9.93. The monoisotopic (exact) mass is 222 g/mol. The van der Waals surface area contributed by atoms with E-state index in [1.165, 1.54) is 7.11 Å². The van der Waals surface area contributed by atoms with Crippen molar-refractivity contribution in [3.05, 3.63) is 35.4 Å². The second kappa shape index (κ2) is 5.66. The summed E-state index contributed by atoms with van der Waals surface area (Å²) in [4.78, 5) is 11.4. The molecule has 0 aromatic heterocycles. The molecule has 0 heterocycles. The molecule has 1 aromatic carbocycles. The predicted molar refractivity (Wildman–Crippen MR) is 62.1 cm³/mol. The average Bonchev–Trinajstić information content (AvgIpc) is 2.36. The highest BCUT2D eigenvalue weighted by atomic mass is 16.5. The summed E-state index contributed by atoms with van der Waals surface area (Å²) in [5.74, 6) is -0.558. The topological polar surface area (TPSA) is 46.5 Å². The van der Waals surface area contributed by atoms with Crippen LogP contribution in [0.4, 0.5) is 0 Å². The molecule has 0 bridgehead atoms. The molecule has 1 aromatic rings. The highest BCUT2D eigenvalue weighted by Gasteiger charge is 2.16. The molecule has 0 radical (unpaired) electrons. The van der Waals surface area contributed by atoms with E-state index in [-0.39, 0.29) is 11.9 Å². The van der Waals surface area contributed by atoms with Crippen LogP contribution in [-0.2, 0) is 9.53 Å². The minimum atomic E-state index is -0.468. The van der Waals surface area contributed by atoms with E-state index < -0.39 is 6.10 Å². The summed E-state index contributed by atoms with van der Waals surface area (Å²) >= 11 is 0. The number of hydrogen-bond acceptors (Lipinski definition) is 3. The maximum Gasteiger partial charge on any atom is 0.312 e. The van der Waals surface area contributed by atoms with E-state index in [1.807, 2.05) is 31.2 Å². The lowest BCUT2D eigenvalue weighted by atomic mass is 9.97. The van der Waals surface area contributed by atoms with Gasteiger partial charge >= 0.3 is 5.97 Å². The van der Waals surface area contributed by atoms with Crippen LogP contribution in [0, 0.1) is 0 Å². The number of aliphatic hydroxyl groups is 1. The molecule has 0 amide bonds. The Balaban J connectivity index is 2.94. The Morgan fingerprint density at radius 3 is 2.62 bits per heavy atom. The molecule has 0 fully saturated rings. The number of carbonyl (C=O) groups excluding carboxylic acids is 1. The van der Waals surface area contributed by atoms with E-state index in [4.69, 9.17) is 4.74 Å². The number of carbonyl (C=O) groups is 1. The van der Waals surface area contributed by atoms with Gasteiger partial charge in [-0.25, -0.2) is 0 Å². The van der Waals surface area contributed by atoms with Crippen LogP contribution < -0.4 is 0 Å². The van der Waals surface area contributed by atoms with Gasteiger partial charge in [0.2, 0.25) is 0 Å². The van der Waals surface area contributed by atoms with Crippen LogP contribution in [0.2, 0.25) is 0 Å². The van der Waals surface area contributed by atoms with Crippen LogP contribution in [-0.4, -0.2) is 18.2 Å². The van der Waals surface area contributed by atoms with E-state index in [9.17, 15) is 9.90 Å². The molecular formula is C13H18O3. The Hall–Kier alpha value is -1.35. The summed E-state index contributed by atoms with van der Waals surface area (Å²) in [6, 6.07) is 7.44. The summed E-state index contributed by atoms with van der Waals surface area (Å²) in [5, 5.41) is 9.72. The zero-order valence-electron chi connectivity index (χ0n) is 9.93. The van der Waals surface area contributed by atoms with Crippen LogP contribution in [0.15, 0.2) is 24.3 Å². The van der Waals surface area contributed by atoms with Crippen molar-refractivity contribution in [3.8, 4) is 0 Å². The van der Waals surface area contributed by atoms with Crippen molar-refractivity contribution >= 4 is 5.97 Å². The van der Waals surface area contributed by atoms with Gasteiger partial charge in [0.15, 0.2) is 0 Å². The first-order chi connectivity index (χ1) is 7.60. The van der Waals surface area contributed by atoms with E-state index in [0.29, 0.717) is 6.42 Å². The molecule has 88 valence electrons. The Bertz CT molecular complexity index is 360. The van der Waals surface area contributed by atoms with Gasteiger partial charge < -0.3 is 9.84 Å². The normalized spacial score (nSPS) is 14.2. The van der Waals surface area contributed by atoms with Gasteiger partial charge in [0.05, 0.1) is 19.1 Å². The lowest BCUT2D eigenvalue weighted by Crippen LogP contribution is -2.11. The molecule has 0 aliphatic carbocycles. The molecule has 0 saturated heterocycles. The van der Waals surface area contributed by atoms with Gasteiger partial charge in [-0.05, 0) is 24.5 Å². The van der Waals surface area contributed by atoms with Crippen LogP contribution in [0.3, 0.4) is 0 Å². The van der Waals surface area contributed by atoms with Gasteiger partial charge in [-0.1, -0.05) is 31.2 Å². The SMILES string of the molecule is CC[C@@H](O)c1cccc([C@H](C)C(=O)OC)c1. The lowest BCUT2D eigenvalue weighted by molar-refractivity contribution is -0.141. The van der Waals surface area contributed by atoms with Crippen LogP contribution in [0.5, 0.6) is 0 Å². The first kappa shape index (κ1) is 12.7. The molecule has 1 N–H and O–H groups in total. The molecule has 0 unspecified atom stereocenters. The first-order valence-electron chi connectivity index (χ1n) is 5.45. The van der Waals surface area contributed by atoms with Gasteiger partial charge in [-0.2, -0.15) is 0 Å². The van der Waals surface area contributed by atoms with Gasteiger partial charge in [-0.3, -0.25) is 4.79 Å². The molecule has 0 aliphatic rings. The van der Waals surface area contributed by atoms with Gasteiger partial charge in [0, 0.05) is 0 Å². The smallest absolute Gasteiger partial charge is 0.312 e. The maximum atomic E-state index is 11.4. The first-order valence-corrected chi connectivity index (χ1v) is 5.45. The third-order valence-corrected chi connectivity index (χ3v) is 2.74. The minimum Gasteiger partial charge on any atom is -0.469 e. The number of aliphatic hydroxyl groups excluding tert-OH is 1. The number of esters is 1. The summed E-state index contributed by atoms with van der Waals surface area (Å²) < 4.78 is 4.69. The summed E-state index contributed by atoms with van der Waals surface area (Å²) in [7, 11) is 1.38. The molecule has 3 nitrogen and oxygen atoms in total. The molecule has 1 rings (SSSR count). The molecular weight excluding hydrogens is 204 g/mol. The predicted octanol–water partition coefficient (Wildman–Crippen LogP) is 2.41. The summed E-state index contributed by atoms with van der Waals surface area (Å²) in [6.45, 7) is 3.71. The van der Waals surface area contributed by atoms with E-state index in [2.05, 4.69) is 0 Å². The van der Waals surface area contributed by atoms with E-state index in [0.717, 1.165) is 11.1 Å². The fourth-order valence-corrected chi connectivity index (χ4v) is 1.58. The minimum absolute atomic E-state index is 0.261. The van der Waals surface area contributed by atoms with Crippen molar-refractivity contribution in [2.24, 2.45) is 0 Å². The van der Waals surface area contributed by atoms with E-state index in [1.54, 1.807) is 6.92 Å². The van der Waals surface area contributed by atoms with Gasteiger partial charge in [0.1, 0.15) is 0 Å². The summed E-state index contributed by atoms with van der Waals surface area (Å²) in [5.41, 5.74) is 1.72. The largest absolute Gasteiger partial charge is 0.469 e. The fraction of sp³-hybridized carbons (Fsp3) is 0.462. The highest BCUT2D eigenvalue weighted by Crippen LogP contribution is 2.22. The molecule has 16 heavy (non-hydrogen) atoms. The van der Waals surface area contributed by atoms with Crippen molar-refractivity contribution in [3.63, 3.8) is 0 Å². The molecule has 0 saturated carbocycles. The van der Waals surface area contributed by atoms with Crippen molar-refractivity contribution in [2.45, 2.75) is 32.3 Å². The van der Waals surface area contributed by atoms with Gasteiger partial charge in [-0.15, -0.1) is 0 Å². The molecule has 3 heteroatoms. The number of methoxy groups -OCH3 is 1. The number of ether oxygens (including phenoxy) is 1. The van der Waals surface area contributed by atoms with Gasteiger partial charge in [0.25, 0.3) is 0 Å². The lowest BCUT2D eigenvalue weighted by Gasteiger charge is -2.13. The molecule has 2 atom stereocenters. The van der Waals surface area contributed by atoms with Crippen molar-refractivity contribution in [2.75, 3.05) is 7.11 Å². The number of rotatable bonds is 4. The second-order valence-electron chi connectivity index (χ2n) is 3.84. The summed E-state index contributed by atoms with van der Waals surface area (Å²) in [6.07, 6.45) is 0.195. The zero-order chi connectivity index (χ0) is 12.1. The fourth-order valence-electron chi connectivity index (χ4n) is 1.58. The Kier molecular flexibility index (Phi) is 4.50. The third kappa shape index (κ3) is 2.83. The van der Waals surface area contributed by atoms with Crippen LogP contribution >= 0.6 is 0 Å². The number of hydrogen-bond donors (Lipinski definition) is 1. The number of benzene rings is 1. The van der Waals surface area contributed by atoms with Crippen molar-refractivity contribution < 1.29 is 14.6 Å². The molecule has 0 aliphatic heterocycles. The Labute approximate surface area is 96.1 Å². The van der Waals surface area contributed by atoms with Crippen LogP contribution in [0.25, 0.3) is 0 Å². The van der Waals surface area contributed by atoms with Crippen molar-refractivity contribution in [1.82, 2.24) is 0 Å². The maximum absolute atomic E-state index is 11.4. The van der Waals surface area contributed by atoms with E-state index >= 15 is 0 Å². The second-order valence-corrected chi connectivity index (χ2v) is 3.84. The Morgan fingerprint density at radius 2 is 2.06 bits per heavy atom.